The molecule has 0 aliphatic heterocycles. The van der Waals surface area contributed by atoms with Crippen LogP contribution in [0.2, 0.25) is 0 Å². The fraction of sp³-hybridized carbons (Fsp3) is 0.667. The van der Waals surface area contributed by atoms with Gasteiger partial charge in [0.2, 0.25) is 0 Å². The van der Waals surface area contributed by atoms with Crippen LogP contribution in [0.4, 0.5) is 13.2 Å². The molecule has 3 atom stereocenters. The van der Waals surface area contributed by atoms with Gasteiger partial charge in [-0.25, -0.2) is 4.79 Å². The summed E-state index contributed by atoms with van der Waals surface area (Å²) in [5.74, 6) is -6.44. The Morgan fingerprint density at radius 1 is 1.43 bits per heavy atom. The lowest BCUT2D eigenvalue weighted by Crippen LogP contribution is -2.39. The van der Waals surface area contributed by atoms with Crippen molar-refractivity contribution in [2.75, 3.05) is 5.75 Å². The molecule has 130 valence electrons. The van der Waals surface area contributed by atoms with Gasteiger partial charge in [-0.15, -0.1) is 11.8 Å². The van der Waals surface area contributed by atoms with E-state index in [1.807, 2.05) is 0 Å². The topological polar surface area (TPSA) is 110 Å². The van der Waals surface area contributed by atoms with Gasteiger partial charge in [-0.1, -0.05) is 0 Å². The Morgan fingerprint density at radius 2 is 2.04 bits per heavy atom. The van der Waals surface area contributed by atoms with Gasteiger partial charge in [0.05, 0.1) is 5.92 Å². The zero-order valence-electron chi connectivity index (χ0n) is 11.9. The largest absolute Gasteiger partial charge is 0.481 e. The number of ketones is 1. The number of hydroxylamine groups is 1. The Hall–Kier alpha value is -1.78. The summed E-state index contributed by atoms with van der Waals surface area (Å²) >= 11 is 0.875. The number of aliphatic carboxylic acids is 1. The van der Waals surface area contributed by atoms with Crippen molar-refractivity contribution in [1.29, 1.82) is 0 Å². The zero-order valence-corrected chi connectivity index (χ0v) is 12.7. The summed E-state index contributed by atoms with van der Waals surface area (Å²) in [6.07, 6.45) is -4.82. The molecule has 1 aliphatic carbocycles. The maximum atomic E-state index is 11.9. The summed E-state index contributed by atoms with van der Waals surface area (Å²) in [6, 6.07) is 0. The first-order valence-electron chi connectivity index (χ1n) is 6.49. The molecule has 1 fully saturated rings. The molecule has 0 bridgehead atoms. The number of halogens is 3. The second-order valence-electron chi connectivity index (χ2n) is 4.88. The number of nitrogens with one attached hydrogen (secondary N) is 1. The molecule has 0 heterocycles. The molecule has 1 aliphatic rings. The zero-order chi connectivity index (χ0) is 17.8. The van der Waals surface area contributed by atoms with Gasteiger partial charge in [-0.2, -0.15) is 18.7 Å². The highest BCUT2D eigenvalue weighted by molar-refractivity contribution is 8.00. The van der Waals surface area contributed by atoms with E-state index in [9.17, 15) is 32.3 Å². The van der Waals surface area contributed by atoms with E-state index in [4.69, 9.17) is 5.11 Å². The van der Waals surface area contributed by atoms with E-state index in [0.29, 0.717) is 0 Å². The van der Waals surface area contributed by atoms with Crippen molar-refractivity contribution < 1.29 is 42.3 Å². The smallest absolute Gasteiger partial charge is 0.474 e. The molecule has 7 nitrogen and oxygen atoms in total. The summed E-state index contributed by atoms with van der Waals surface area (Å²) in [5.41, 5.74) is 0.979. The third-order valence-corrected chi connectivity index (χ3v) is 4.52. The maximum absolute atomic E-state index is 11.9. The number of alkyl halides is 3. The number of carbonyl (C=O) groups is 4. The molecular formula is C12H14F3NO6S. The average molecular weight is 357 g/mol. The summed E-state index contributed by atoms with van der Waals surface area (Å²) in [6.45, 7) is 1.31. The predicted octanol–water partition coefficient (Wildman–Crippen LogP) is 0.925. The van der Waals surface area contributed by atoms with E-state index in [0.717, 1.165) is 17.2 Å². The van der Waals surface area contributed by atoms with Crippen LogP contribution in [0.3, 0.4) is 0 Å². The molecule has 1 saturated carbocycles. The van der Waals surface area contributed by atoms with E-state index in [1.165, 1.54) is 6.92 Å². The van der Waals surface area contributed by atoms with Crippen molar-refractivity contribution in [2.24, 2.45) is 11.8 Å². The van der Waals surface area contributed by atoms with Crippen LogP contribution in [0.15, 0.2) is 0 Å². The van der Waals surface area contributed by atoms with Crippen molar-refractivity contribution in [3.63, 3.8) is 0 Å². The van der Waals surface area contributed by atoms with Gasteiger partial charge >= 0.3 is 24.0 Å². The van der Waals surface area contributed by atoms with Crippen LogP contribution in [0, 0.1) is 11.8 Å². The second kappa shape index (κ2) is 7.66. The van der Waals surface area contributed by atoms with Crippen LogP contribution in [0.25, 0.3) is 0 Å². The monoisotopic (exact) mass is 357 g/mol. The lowest BCUT2D eigenvalue weighted by molar-refractivity contribution is -0.189. The van der Waals surface area contributed by atoms with Gasteiger partial charge in [0.15, 0.2) is 0 Å². The summed E-state index contributed by atoms with van der Waals surface area (Å²) < 4.78 is 35.7. The minimum Gasteiger partial charge on any atom is -0.481 e. The van der Waals surface area contributed by atoms with Crippen LogP contribution in [-0.4, -0.2) is 45.9 Å². The Labute approximate surface area is 132 Å². The number of thioether (sulfide) groups is 1. The van der Waals surface area contributed by atoms with Crippen molar-refractivity contribution in [1.82, 2.24) is 5.48 Å². The fourth-order valence-corrected chi connectivity index (χ4v) is 3.07. The van der Waals surface area contributed by atoms with E-state index >= 15 is 0 Å². The van der Waals surface area contributed by atoms with E-state index in [-0.39, 0.29) is 24.4 Å². The number of carboxylic acid groups (broad SMARTS) is 1. The Balaban J connectivity index is 2.45. The van der Waals surface area contributed by atoms with Crippen LogP contribution in [-0.2, 0) is 24.0 Å². The van der Waals surface area contributed by atoms with Crippen LogP contribution in [0.5, 0.6) is 0 Å². The first kappa shape index (κ1) is 19.3. The molecule has 2 N–H and O–H groups in total. The molecule has 0 aromatic heterocycles. The molecule has 23 heavy (non-hydrogen) atoms. The van der Waals surface area contributed by atoms with Gasteiger partial charge in [0.25, 0.3) is 0 Å². The van der Waals surface area contributed by atoms with Crippen LogP contribution < -0.4 is 5.48 Å². The molecule has 0 aromatic rings. The third kappa shape index (κ3) is 5.41. The van der Waals surface area contributed by atoms with Crippen molar-refractivity contribution >= 4 is 35.4 Å². The minimum atomic E-state index is -5.18. The van der Waals surface area contributed by atoms with Gasteiger partial charge in [0.1, 0.15) is 11.0 Å². The standard InChI is InChI=1S/C12H14F3NO6S/c1-5(10(20)22-16-11(21)12(13,14)15)23-4-7-6(9(18)19)2-3-8(7)17/h5-7H,2-4H2,1H3,(H,16,21)(H,18,19)/t5-,6?,7?/m1/s1. The number of carboxylic acids is 1. The van der Waals surface area contributed by atoms with E-state index in [1.54, 1.807) is 0 Å². The molecule has 0 saturated heterocycles. The second-order valence-corrected chi connectivity index (χ2v) is 6.26. The highest BCUT2D eigenvalue weighted by Gasteiger charge is 2.41. The molecule has 0 radical (unpaired) electrons. The molecule has 1 rings (SSSR count). The average Bonchev–Trinajstić information content (AvgIpc) is 2.81. The van der Waals surface area contributed by atoms with Crippen molar-refractivity contribution in [3.05, 3.63) is 0 Å². The van der Waals surface area contributed by atoms with Crippen molar-refractivity contribution in [3.8, 4) is 0 Å². The first-order chi connectivity index (χ1) is 10.5. The predicted molar refractivity (Wildman–Crippen MR) is 71.1 cm³/mol. The Bertz CT molecular complexity index is 510. The molecular weight excluding hydrogens is 343 g/mol. The lowest BCUT2D eigenvalue weighted by atomic mass is 9.98. The van der Waals surface area contributed by atoms with Crippen LogP contribution in [0.1, 0.15) is 19.8 Å². The highest BCUT2D eigenvalue weighted by atomic mass is 32.2. The number of hydrogen-bond donors (Lipinski definition) is 2. The van der Waals surface area contributed by atoms with Crippen LogP contribution >= 0.6 is 11.8 Å². The minimum absolute atomic E-state index is 0.0271. The molecule has 11 heteroatoms. The number of amides is 1. The van der Waals surface area contributed by atoms with Gasteiger partial charge in [0, 0.05) is 18.1 Å². The number of rotatable bonds is 5. The number of carbonyl (C=O) groups excluding carboxylic acids is 3. The molecule has 0 aromatic carbocycles. The Kier molecular flexibility index (Phi) is 6.42. The van der Waals surface area contributed by atoms with E-state index in [2.05, 4.69) is 4.84 Å². The number of hydrogen-bond acceptors (Lipinski definition) is 6. The molecule has 2 unspecified atom stereocenters. The Morgan fingerprint density at radius 3 is 2.57 bits per heavy atom. The summed E-state index contributed by atoms with van der Waals surface area (Å²) in [7, 11) is 0. The SMILES string of the molecule is C[C@@H](SCC1C(=O)CCC1C(=O)O)C(=O)ONC(=O)C(F)(F)F. The normalized spacial score (nSPS) is 22.5. The third-order valence-electron chi connectivity index (χ3n) is 3.28. The van der Waals surface area contributed by atoms with Gasteiger partial charge < -0.3 is 9.94 Å². The van der Waals surface area contributed by atoms with Gasteiger partial charge in [-0.05, 0) is 13.3 Å². The van der Waals surface area contributed by atoms with E-state index < -0.39 is 41.1 Å². The molecule has 0 spiro atoms. The first-order valence-corrected chi connectivity index (χ1v) is 7.54. The molecule has 1 amide bonds. The summed E-state index contributed by atoms with van der Waals surface area (Å²) in [5, 5.41) is 8.01. The number of Topliss-reactive ketones (excluding diaryl/α,β-unsaturated/α-hetero) is 1. The lowest BCUT2D eigenvalue weighted by Gasteiger charge is -2.16. The fourth-order valence-electron chi connectivity index (χ4n) is 1.97. The maximum Gasteiger partial charge on any atom is 0.474 e. The quantitative estimate of drug-likeness (QED) is 0.704. The van der Waals surface area contributed by atoms with Crippen molar-refractivity contribution in [2.45, 2.75) is 31.2 Å². The summed E-state index contributed by atoms with van der Waals surface area (Å²) in [4.78, 5) is 48.6. The van der Waals surface area contributed by atoms with Gasteiger partial charge in [-0.3, -0.25) is 14.4 Å². The highest BCUT2D eigenvalue weighted by Crippen LogP contribution is 2.32.